The number of hydrogen-bond acceptors (Lipinski definition) is 5. The first kappa shape index (κ1) is 18.0. The van der Waals surface area contributed by atoms with Crippen LogP contribution in [0, 0.1) is 0 Å². The molecule has 0 unspecified atom stereocenters. The van der Waals surface area contributed by atoms with E-state index in [0.717, 1.165) is 66.8 Å². The molecule has 5 rings (SSSR count). The molecular weight excluding hydrogens is 368 g/mol. The fraction of sp³-hybridized carbons (Fsp3) is 0.409. The van der Waals surface area contributed by atoms with Crippen molar-refractivity contribution < 1.29 is 14.6 Å². The number of nitrogens with one attached hydrogen (secondary N) is 1. The number of fused-ring (bicyclic) bond motifs is 2. The number of ether oxygens (including phenoxy) is 1. The Morgan fingerprint density at radius 3 is 3.00 bits per heavy atom. The Morgan fingerprint density at radius 2 is 2.17 bits per heavy atom. The van der Waals surface area contributed by atoms with Crippen LogP contribution in [0.15, 0.2) is 36.5 Å². The first-order valence-electron chi connectivity index (χ1n) is 10.2. The third kappa shape index (κ3) is 3.52. The van der Waals surface area contributed by atoms with Crippen molar-refractivity contribution in [3.05, 3.63) is 47.8 Å². The van der Waals surface area contributed by atoms with Crippen LogP contribution >= 0.6 is 0 Å². The van der Waals surface area contributed by atoms with E-state index in [1.54, 1.807) is 6.20 Å². The molecule has 2 aliphatic rings. The van der Waals surface area contributed by atoms with E-state index in [2.05, 4.69) is 22.5 Å². The maximum absolute atomic E-state index is 11.2. The molecule has 0 spiro atoms. The summed E-state index contributed by atoms with van der Waals surface area (Å²) in [4.78, 5) is 15.9. The zero-order valence-electron chi connectivity index (χ0n) is 16.2. The summed E-state index contributed by atoms with van der Waals surface area (Å²) >= 11 is 0. The molecule has 1 aliphatic heterocycles. The van der Waals surface area contributed by atoms with Gasteiger partial charge < -0.3 is 15.2 Å². The van der Waals surface area contributed by atoms with Crippen molar-refractivity contribution in [1.82, 2.24) is 14.8 Å². The van der Waals surface area contributed by atoms with E-state index < -0.39 is 5.97 Å². The Balaban J connectivity index is 1.25. The molecule has 0 bridgehead atoms. The second kappa shape index (κ2) is 7.06. The summed E-state index contributed by atoms with van der Waals surface area (Å²) in [6.07, 6.45) is 6.62. The van der Waals surface area contributed by atoms with Crippen LogP contribution in [0.5, 0.6) is 5.75 Å². The highest BCUT2D eigenvalue weighted by Gasteiger charge is 2.48. The third-order valence-electron chi connectivity index (χ3n) is 5.87. The first-order chi connectivity index (χ1) is 14.1. The number of aromatic nitrogens is 3. The second-order valence-electron chi connectivity index (χ2n) is 8.01. The lowest BCUT2D eigenvalue weighted by molar-refractivity contribution is -0.138. The maximum Gasteiger partial charge on any atom is 0.305 e. The molecule has 0 amide bonds. The van der Waals surface area contributed by atoms with Crippen LogP contribution in [0.1, 0.15) is 36.9 Å². The second-order valence-corrected chi connectivity index (χ2v) is 8.01. The van der Waals surface area contributed by atoms with Crippen LogP contribution in [0.25, 0.3) is 10.9 Å². The number of aryl methyl sites for hydroxylation is 1. The van der Waals surface area contributed by atoms with Crippen LogP contribution in [0.3, 0.4) is 0 Å². The van der Waals surface area contributed by atoms with Crippen molar-refractivity contribution in [2.75, 3.05) is 18.5 Å². The SMILES string of the molecule is O=C(O)CC1(n2ncc3cc(OCCc4ccc5c(n4)NCCC5)ccc32)CC1. The number of pyridine rings is 1. The number of nitrogens with zero attached hydrogens (tertiary/aromatic N) is 3. The summed E-state index contributed by atoms with van der Waals surface area (Å²) in [5.41, 5.74) is 2.91. The number of carboxylic acids is 1. The normalized spacial score (nSPS) is 16.8. The van der Waals surface area contributed by atoms with Crippen molar-refractivity contribution in [3.63, 3.8) is 0 Å². The summed E-state index contributed by atoms with van der Waals surface area (Å²) in [6.45, 7) is 1.54. The molecule has 2 aromatic heterocycles. The van der Waals surface area contributed by atoms with E-state index in [1.807, 2.05) is 22.9 Å². The van der Waals surface area contributed by atoms with Crippen LogP contribution < -0.4 is 10.1 Å². The Hall–Kier alpha value is -3.09. The molecule has 3 aromatic rings. The molecule has 1 aliphatic carbocycles. The van der Waals surface area contributed by atoms with Gasteiger partial charge in [0.05, 0.1) is 30.3 Å². The number of aliphatic carboxylic acids is 1. The monoisotopic (exact) mass is 392 g/mol. The minimum atomic E-state index is -0.780. The third-order valence-corrected chi connectivity index (χ3v) is 5.87. The number of anilines is 1. The lowest BCUT2D eigenvalue weighted by Gasteiger charge is -2.17. The molecule has 1 fully saturated rings. The first-order valence-corrected chi connectivity index (χ1v) is 10.2. The van der Waals surface area contributed by atoms with Crippen molar-refractivity contribution >= 4 is 22.7 Å². The van der Waals surface area contributed by atoms with Crippen molar-refractivity contribution in [1.29, 1.82) is 0 Å². The zero-order chi connectivity index (χ0) is 19.8. The number of benzene rings is 1. The summed E-state index contributed by atoms with van der Waals surface area (Å²) in [5.74, 6) is 1.02. The van der Waals surface area contributed by atoms with Crippen molar-refractivity contribution in [2.24, 2.45) is 0 Å². The van der Waals surface area contributed by atoms with E-state index in [9.17, 15) is 9.90 Å². The van der Waals surface area contributed by atoms with Gasteiger partial charge in [0.25, 0.3) is 0 Å². The standard InChI is InChI=1S/C22H24N4O3/c27-20(28)13-22(8-9-22)26-19-6-5-18(12-16(19)14-24-26)29-11-7-17-4-3-15-2-1-10-23-21(15)25-17/h3-6,12,14H,1-2,7-11,13H2,(H,23,25)(H,27,28). The van der Waals surface area contributed by atoms with Gasteiger partial charge in [-0.1, -0.05) is 6.07 Å². The van der Waals surface area contributed by atoms with Gasteiger partial charge in [0.15, 0.2) is 0 Å². The van der Waals surface area contributed by atoms with Gasteiger partial charge in [-0.05, 0) is 55.5 Å². The van der Waals surface area contributed by atoms with Crippen LogP contribution in [-0.4, -0.2) is 39.0 Å². The van der Waals surface area contributed by atoms with Gasteiger partial charge >= 0.3 is 5.97 Å². The average Bonchev–Trinajstić information content (AvgIpc) is 3.35. The number of rotatable bonds is 7. The highest BCUT2D eigenvalue weighted by atomic mass is 16.5. The Labute approximate surface area is 168 Å². The molecule has 1 aromatic carbocycles. The highest BCUT2D eigenvalue weighted by Crippen LogP contribution is 2.47. The molecule has 7 nitrogen and oxygen atoms in total. The average molecular weight is 392 g/mol. The molecule has 0 radical (unpaired) electrons. The van der Waals surface area contributed by atoms with Gasteiger partial charge in [-0.25, -0.2) is 4.98 Å². The predicted octanol–water partition coefficient (Wildman–Crippen LogP) is 3.37. The quantitative estimate of drug-likeness (QED) is 0.641. The number of carboxylic acid groups (broad SMARTS) is 1. The van der Waals surface area contributed by atoms with Crippen LogP contribution in [0.4, 0.5) is 5.82 Å². The van der Waals surface area contributed by atoms with E-state index in [0.29, 0.717) is 6.61 Å². The molecule has 150 valence electrons. The van der Waals surface area contributed by atoms with Gasteiger partial charge in [-0.15, -0.1) is 0 Å². The van der Waals surface area contributed by atoms with E-state index >= 15 is 0 Å². The zero-order valence-corrected chi connectivity index (χ0v) is 16.2. The smallest absolute Gasteiger partial charge is 0.305 e. The Kier molecular flexibility index (Phi) is 4.38. The highest BCUT2D eigenvalue weighted by molar-refractivity contribution is 5.81. The molecule has 7 heteroatoms. The minimum Gasteiger partial charge on any atom is -0.493 e. The molecular formula is C22H24N4O3. The predicted molar refractivity (Wildman–Crippen MR) is 109 cm³/mol. The van der Waals surface area contributed by atoms with E-state index in [4.69, 9.17) is 9.72 Å². The molecule has 3 heterocycles. The topological polar surface area (TPSA) is 89.3 Å². The van der Waals surface area contributed by atoms with Crippen LogP contribution in [0.2, 0.25) is 0 Å². The maximum atomic E-state index is 11.2. The molecule has 29 heavy (non-hydrogen) atoms. The number of carbonyl (C=O) groups is 1. The lowest BCUT2D eigenvalue weighted by Crippen LogP contribution is -2.22. The molecule has 0 saturated heterocycles. The lowest BCUT2D eigenvalue weighted by atomic mass is 10.1. The summed E-state index contributed by atoms with van der Waals surface area (Å²) in [6, 6.07) is 10.1. The van der Waals surface area contributed by atoms with E-state index in [-0.39, 0.29) is 12.0 Å². The fourth-order valence-electron chi connectivity index (χ4n) is 4.15. The van der Waals surface area contributed by atoms with Gasteiger partial charge in [0.1, 0.15) is 11.6 Å². The molecule has 2 N–H and O–H groups in total. The summed E-state index contributed by atoms with van der Waals surface area (Å²) < 4.78 is 7.82. The van der Waals surface area contributed by atoms with Crippen LogP contribution in [-0.2, 0) is 23.2 Å². The van der Waals surface area contributed by atoms with Crippen molar-refractivity contribution in [3.8, 4) is 5.75 Å². The molecule has 0 atom stereocenters. The van der Waals surface area contributed by atoms with Gasteiger partial charge in [0.2, 0.25) is 0 Å². The fourth-order valence-corrected chi connectivity index (χ4v) is 4.15. The molecule has 1 saturated carbocycles. The van der Waals surface area contributed by atoms with Gasteiger partial charge in [0, 0.05) is 24.0 Å². The van der Waals surface area contributed by atoms with E-state index in [1.165, 1.54) is 5.56 Å². The summed E-state index contributed by atoms with van der Waals surface area (Å²) in [7, 11) is 0. The van der Waals surface area contributed by atoms with Gasteiger partial charge in [-0.3, -0.25) is 9.48 Å². The van der Waals surface area contributed by atoms with Gasteiger partial charge in [-0.2, -0.15) is 5.10 Å². The Bertz CT molecular complexity index is 1070. The minimum absolute atomic E-state index is 0.116. The number of hydrogen-bond donors (Lipinski definition) is 2. The Morgan fingerprint density at radius 1 is 1.28 bits per heavy atom. The largest absolute Gasteiger partial charge is 0.493 e. The van der Waals surface area contributed by atoms with Crippen molar-refractivity contribution in [2.45, 2.75) is 44.1 Å². The summed E-state index contributed by atoms with van der Waals surface area (Å²) in [5, 5.41) is 18.0.